The van der Waals surface area contributed by atoms with Crippen LogP contribution in [0.4, 0.5) is 0 Å². The third-order valence-electron chi connectivity index (χ3n) is 1.08. The van der Waals surface area contributed by atoms with Gasteiger partial charge < -0.3 is 9.73 Å². The minimum Gasteiger partial charge on any atom is -0.459 e. The monoisotopic (exact) mass is 141 g/mol. The summed E-state index contributed by atoms with van der Waals surface area (Å²) in [4.78, 5) is 10.9. The molecule has 0 fully saturated rings. The molecule has 1 rings (SSSR count). The molecule has 0 aliphatic carbocycles. The summed E-state index contributed by atoms with van der Waals surface area (Å²) in [6.07, 6.45) is 1.48. The van der Waals surface area contributed by atoms with E-state index in [2.05, 4.69) is 5.32 Å². The van der Waals surface area contributed by atoms with Gasteiger partial charge in [0.1, 0.15) is 0 Å². The molecule has 0 aromatic carbocycles. The van der Waals surface area contributed by atoms with Gasteiger partial charge in [-0.2, -0.15) is 0 Å². The zero-order valence-corrected chi connectivity index (χ0v) is 5.76. The van der Waals surface area contributed by atoms with Crippen LogP contribution in [0.3, 0.4) is 0 Å². The minimum absolute atomic E-state index is 0. The smallest absolute Gasteiger partial charge is 0.286 e. The molecule has 1 heterocycles. The number of rotatable bonds is 2. The molecule has 0 bridgehead atoms. The molecule has 0 saturated carbocycles. The second-order valence-electron chi connectivity index (χ2n) is 1.84. The van der Waals surface area contributed by atoms with Gasteiger partial charge in [-0.15, -0.1) is 0 Å². The van der Waals surface area contributed by atoms with E-state index in [-0.39, 0.29) is 7.33 Å². The van der Waals surface area contributed by atoms with E-state index in [1.54, 1.807) is 12.1 Å². The van der Waals surface area contributed by atoms with E-state index in [0.29, 0.717) is 12.3 Å². The van der Waals surface area contributed by atoms with E-state index in [9.17, 15) is 4.79 Å². The van der Waals surface area contributed by atoms with Crippen LogP contribution in [0, 0.1) is 0 Å². The van der Waals surface area contributed by atoms with Gasteiger partial charge >= 0.3 is 0 Å². The van der Waals surface area contributed by atoms with Crippen molar-refractivity contribution < 1.29 is 10.6 Å². The van der Waals surface area contributed by atoms with E-state index in [4.69, 9.17) is 4.42 Å². The van der Waals surface area contributed by atoms with Crippen LogP contribution in [0.1, 0.15) is 18.9 Å². The Hall–Kier alpha value is -1.25. The molecule has 0 atom stereocenters. The molecule has 0 saturated heterocycles. The van der Waals surface area contributed by atoms with Crippen molar-refractivity contribution >= 4 is 5.91 Å². The van der Waals surface area contributed by atoms with Crippen LogP contribution >= 0.6 is 0 Å². The van der Waals surface area contributed by atoms with Crippen molar-refractivity contribution in [1.82, 2.24) is 5.32 Å². The number of carbonyl (C=O) groups excluding carboxylic acids is 1. The summed E-state index contributed by atoms with van der Waals surface area (Å²) < 4.78 is 4.84. The molecular weight excluding hydrogens is 130 g/mol. The van der Waals surface area contributed by atoms with Crippen molar-refractivity contribution in [3.63, 3.8) is 0 Å². The van der Waals surface area contributed by atoms with Crippen molar-refractivity contribution in [2.24, 2.45) is 0 Å². The molecule has 3 heteroatoms. The lowest BCUT2D eigenvalue weighted by atomic mass is 10.4. The maximum Gasteiger partial charge on any atom is 0.286 e. The Morgan fingerprint density at radius 3 is 3.20 bits per heavy atom. The summed E-state index contributed by atoms with van der Waals surface area (Å²) in [7, 11) is 0. The molecule has 0 radical (unpaired) electrons. The van der Waals surface area contributed by atoms with Gasteiger partial charge in [0, 0.05) is 7.97 Å². The fourth-order valence-corrected chi connectivity index (χ4v) is 0.655. The summed E-state index contributed by atoms with van der Waals surface area (Å²) in [6.45, 7) is 2.49. The Morgan fingerprint density at radius 1 is 1.90 bits per heavy atom. The first-order valence-corrected chi connectivity index (χ1v) is 3.16. The van der Waals surface area contributed by atoms with Gasteiger partial charge in [0.2, 0.25) is 0 Å². The minimum atomic E-state index is -0.160. The fourth-order valence-electron chi connectivity index (χ4n) is 0.655. The average Bonchev–Trinajstić information content (AvgIpc) is 2.38. The second-order valence-corrected chi connectivity index (χ2v) is 1.84. The molecule has 1 aromatic rings. The molecule has 0 spiro atoms. The fraction of sp³-hybridized carbons (Fsp3) is 0.286. The quantitative estimate of drug-likeness (QED) is 0.674. The lowest BCUT2D eigenvalue weighted by molar-refractivity contribution is 0.0928. The molecule has 1 N–H and O–H groups in total. The van der Waals surface area contributed by atoms with Gasteiger partial charge in [0.15, 0.2) is 5.76 Å². The van der Waals surface area contributed by atoms with Crippen LogP contribution in [0.2, 0.25) is 0 Å². The van der Waals surface area contributed by atoms with Crippen LogP contribution in [-0.4, -0.2) is 12.5 Å². The van der Waals surface area contributed by atoms with E-state index in [1.165, 1.54) is 6.26 Å². The van der Waals surface area contributed by atoms with Crippen LogP contribution < -0.4 is 5.32 Å². The summed E-state index contributed by atoms with van der Waals surface area (Å²) in [5, 5.41) is 2.62. The number of nitrogens with one attached hydrogen (secondary N) is 1. The summed E-state index contributed by atoms with van der Waals surface area (Å²) in [6, 6.07) is 3.32. The largest absolute Gasteiger partial charge is 0.459 e. The number of furan rings is 1. The summed E-state index contributed by atoms with van der Waals surface area (Å²) in [5.41, 5.74) is 0. The van der Waals surface area contributed by atoms with E-state index >= 15 is 0 Å². The predicted octanol–water partition coefficient (Wildman–Crippen LogP) is 1.28. The Labute approximate surface area is 60.5 Å². The Morgan fingerprint density at radius 2 is 2.70 bits per heavy atom. The number of amides is 1. The molecule has 10 heavy (non-hydrogen) atoms. The third kappa shape index (κ3) is 1.37. The molecule has 3 nitrogen and oxygen atoms in total. The molecule has 0 aliphatic heterocycles. The summed E-state index contributed by atoms with van der Waals surface area (Å²) in [5.74, 6) is 0.203. The molecule has 56 valence electrons. The highest BCUT2D eigenvalue weighted by atomic mass is 16.3. The van der Waals surface area contributed by atoms with Gasteiger partial charge in [-0.25, -0.2) is 0 Å². The zero-order valence-electron chi connectivity index (χ0n) is 5.76. The van der Waals surface area contributed by atoms with Crippen molar-refractivity contribution in [2.75, 3.05) is 6.54 Å². The SMILES string of the molecule is CCNC(=O)c1ccco1.[HH]. The standard InChI is InChI=1S/C7H9NO2.H2/c1-2-8-7(9)6-4-3-5-10-6;/h3-5H,2H2,1H3,(H,8,9);1H. The number of carbonyl (C=O) groups is 1. The van der Waals surface area contributed by atoms with Crippen LogP contribution in [0.25, 0.3) is 0 Å². The van der Waals surface area contributed by atoms with Gasteiger partial charge in [0.05, 0.1) is 6.26 Å². The first kappa shape index (κ1) is 6.86. The van der Waals surface area contributed by atoms with Crippen molar-refractivity contribution in [1.29, 1.82) is 0 Å². The molecule has 0 unspecified atom stereocenters. The first-order valence-electron chi connectivity index (χ1n) is 3.16. The van der Waals surface area contributed by atoms with Crippen LogP contribution in [0.5, 0.6) is 0 Å². The highest BCUT2D eigenvalue weighted by Gasteiger charge is 2.04. The highest BCUT2D eigenvalue weighted by Crippen LogP contribution is 1.97. The average molecular weight is 141 g/mol. The van der Waals surface area contributed by atoms with Gasteiger partial charge in [0.25, 0.3) is 5.91 Å². The Bertz CT molecular complexity index is 208. The molecular formula is C7H11NO2. The predicted molar refractivity (Wildman–Crippen MR) is 38.8 cm³/mol. The lowest BCUT2D eigenvalue weighted by Crippen LogP contribution is -2.21. The van der Waals surface area contributed by atoms with Crippen molar-refractivity contribution in [2.45, 2.75) is 6.92 Å². The Kier molecular flexibility index (Phi) is 2.10. The Balaban J connectivity index is 0.000001000. The van der Waals surface area contributed by atoms with E-state index < -0.39 is 0 Å². The summed E-state index contributed by atoms with van der Waals surface area (Å²) >= 11 is 0. The van der Waals surface area contributed by atoms with Crippen molar-refractivity contribution in [3.05, 3.63) is 24.2 Å². The second kappa shape index (κ2) is 3.06. The van der Waals surface area contributed by atoms with Crippen molar-refractivity contribution in [3.8, 4) is 0 Å². The van der Waals surface area contributed by atoms with E-state index in [1.807, 2.05) is 6.92 Å². The zero-order chi connectivity index (χ0) is 7.40. The number of hydrogen-bond acceptors (Lipinski definition) is 2. The normalized spacial score (nSPS) is 9.30. The van der Waals surface area contributed by atoms with Gasteiger partial charge in [-0.1, -0.05) is 0 Å². The van der Waals surface area contributed by atoms with Crippen LogP contribution in [0.15, 0.2) is 22.8 Å². The topological polar surface area (TPSA) is 42.2 Å². The molecule has 1 aromatic heterocycles. The molecule has 1 amide bonds. The first-order chi connectivity index (χ1) is 4.84. The third-order valence-corrected chi connectivity index (χ3v) is 1.08. The highest BCUT2D eigenvalue weighted by molar-refractivity contribution is 5.91. The maximum absolute atomic E-state index is 10.9. The maximum atomic E-state index is 10.9. The van der Waals surface area contributed by atoms with Gasteiger partial charge in [-0.05, 0) is 19.1 Å². The van der Waals surface area contributed by atoms with Gasteiger partial charge in [-0.3, -0.25) is 4.79 Å². The number of hydrogen-bond donors (Lipinski definition) is 1. The van der Waals surface area contributed by atoms with Crippen LogP contribution in [-0.2, 0) is 0 Å². The lowest BCUT2D eigenvalue weighted by Gasteiger charge is -1.95. The molecule has 0 aliphatic rings. The van der Waals surface area contributed by atoms with E-state index in [0.717, 1.165) is 0 Å².